The third-order valence-electron chi connectivity index (χ3n) is 5.79. The molecular formula is C26H26FN3O7S2. The van der Waals surface area contributed by atoms with Gasteiger partial charge >= 0.3 is 11.9 Å². The summed E-state index contributed by atoms with van der Waals surface area (Å²) in [6, 6.07) is 10.5. The molecule has 1 aromatic heterocycles. The van der Waals surface area contributed by atoms with Gasteiger partial charge in [0, 0.05) is 12.1 Å². The number of aliphatic carboxylic acids is 2. The molecule has 0 bridgehead atoms. The van der Waals surface area contributed by atoms with Crippen LogP contribution in [0.2, 0.25) is 0 Å². The number of fused-ring (bicyclic) bond motifs is 1. The second-order valence-electron chi connectivity index (χ2n) is 8.79. The van der Waals surface area contributed by atoms with Crippen molar-refractivity contribution in [3.63, 3.8) is 0 Å². The van der Waals surface area contributed by atoms with Crippen LogP contribution in [0, 0.1) is 12.8 Å². The van der Waals surface area contributed by atoms with Crippen molar-refractivity contribution in [3.05, 3.63) is 58.6 Å². The lowest BCUT2D eigenvalue weighted by Crippen LogP contribution is -2.41. The summed E-state index contributed by atoms with van der Waals surface area (Å²) >= 11 is 0.909. The molecule has 4 N–H and O–H groups in total. The molecule has 0 spiro atoms. The Bertz CT molecular complexity index is 1360. The molecule has 206 valence electrons. The second-order valence-corrected chi connectivity index (χ2v) is 10.6. The monoisotopic (exact) mass is 575 g/mol. The Kier molecular flexibility index (Phi) is 10.5. The van der Waals surface area contributed by atoms with Crippen molar-refractivity contribution in [1.29, 1.82) is 0 Å². The number of nitrogens with zero attached hydrogens (tertiary/aromatic N) is 1. The van der Waals surface area contributed by atoms with Gasteiger partial charge in [0.15, 0.2) is 5.92 Å². The van der Waals surface area contributed by atoms with Crippen LogP contribution in [0.15, 0.2) is 42.5 Å². The van der Waals surface area contributed by atoms with Crippen LogP contribution in [0.4, 0.5) is 9.57 Å². The largest absolute Gasteiger partial charge is 0.481 e. The van der Waals surface area contributed by atoms with E-state index in [1.165, 1.54) is 11.3 Å². The van der Waals surface area contributed by atoms with Crippen molar-refractivity contribution in [2.75, 3.05) is 5.32 Å². The highest BCUT2D eigenvalue weighted by Crippen LogP contribution is 2.25. The predicted octanol–water partition coefficient (Wildman–Crippen LogP) is 3.91. The minimum absolute atomic E-state index is 0.0194. The number of thiazole rings is 1. The van der Waals surface area contributed by atoms with E-state index in [0.717, 1.165) is 20.8 Å². The number of carbonyl (C=O) groups excluding carboxylic acids is 3. The molecule has 0 radical (unpaired) electrons. The van der Waals surface area contributed by atoms with Crippen LogP contribution in [0.25, 0.3) is 10.2 Å². The van der Waals surface area contributed by atoms with Gasteiger partial charge in [-0.15, -0.1) is 11.3 Å². The van der Waals surface area contributed by atoms with Gasteiger partial charge in [0.1, 0.15) is 18.2 Å². The van der Waals surface area contributed by atoms with Crippen LogP contribution >= 0.6 is 23.5 Å². The number of benzene rings is 2. The number of carbonyl (C=O) groups is 5. The number of aryl methyl sites for hydroxylation is 2. The van der Waals surface area contributed by atoms with Crippen molar-refractivity contribution in [2.45, 2.75) is 45.1 Å². The normalized spacial score (nSPS) is 11.8. The summed E-state index contributed by atoms with van der Waals surface area (Å²) in [4.78, 5) is 63.4. The number of hydrogen-bond donors (Lipinski definition) is 4. The molecule has 13 heteroatoms. The summed E-state index contributed by atoms with van der Waals surface area (Å²) in [5.74, 6) is -5.43. The molecule has 2 amide bonds. The smallest absolute Gasteiger partial charge is 0.318 e. The molecule has 3 aromatic rings. The van der Waals surface area contributed by atoms with Gasteiger partial charge in [-0.2, -0.15) is 3.89 Å². The molecule has 1 heterocycles. The van der Waals surface area contributed by atoms with E-state index >= 15 is 0 Å². The van der Waals surface area contributed by atoms with E-state index in [2.05, 4.69) is 15.6 Å². The zero-order valence-electron chi connectivity index (χ0n) is 20.8. The van der Waals surface area contributed by atoms with Crippen LogP contribution in [-0.4, -0.2) is 50.1 Å². The van der Waals surface area contributed by atoms with Crippen LogP contribution in [0.1, 0.15) is 35.4 Å². The quantitative estimate of drug-likeness (QED) is 0.221. The standard InChI is InChI=1S/C26H26FN3O7S2/c1-14-28-19-10-9-17(12-21(19)38-14)29-23(32)13-20(26(37)39-27)30-22(31)4-2-3-15-5-7-16(8-6-15)11-18(24(33)34)25(35)36/h5-10,12,18,20H,2-4,11,13H2,1H3,(H,29,32)(H,30,31)(H,33,34)(H,35,36). The minimum Gasteiger partial charge on any atom is -0.481 e. The Labute approximate surface area is 231 Å². The number of aromatic nitrogens is 1. The molecule has 39 heavy (non-hydrogen) atoms. The summed E-state index contributed by atoms with van der Waals surface area (Å²) < 4.78 is 13.9. The predicted molar refractivity (Wildman–Crippen MR) is 145 cm³/mol. The van der Waals surface area contributed by atoms with E-state index in [0.29, 0.717) is 24.1 Å². The fourth-order valence-corrected chi connectivity index (χ4v) is 4.96. The number of carboxylic acid groups (broad SMARTS) is 2. The number of halogens is 1. The lowest BCUT2D eigenvalue weighted by atomic mass is 9.97. The summed E-state index contributed by atoms with van der Waals surface area (Å²) in [6.07, 6.45) is 0.304. The Morgan fingerprint density at radius 2 is 1.67 bits per heavy atom. The summed E-state index contributed by atoms with van der Waals surface area (Å²) in [6.45, 7) is 1.87. The van der Waals surface area contributed by atoms with Crippen LogP contribution in [-0.2, 0) is 36.8 Å². The van der Waals surface area contributed by atoms with Gasteiger partial charge in [0.2, 0.25) is 16.9 Å². The number of carboxylic acids is 2. The minimum atomic E-state index is -1.54. The van der Waals surface area contributed by atoms with E-state index in [-0.39, 0.29) is 12.8 Å². The zero-order valence-corrected chi connectivity index (χ0v) is 22.4. The van der Waals surface area contributed by atoms with Gasteiger partial charge in [-0.1, -0.05) is 24.3 Å². The van der Waals surface area contributed by atoms with Crippen LogP contribution in [0.5, 0.6) is 0 Å². The Balaban J connectivity index is 1.48. The van der Waals surface area contributed by atoms with E-state index < -0.39 is 59.4 Å². The first-order valence-corrected chi connectivity index (χ1v) is 13.4. The fraction of sp³-hybridized carbons (Fsp3) is 0.308. The van der Waals surface area contributed by atoms with Gasteiger partial charge in [0.25, 0.3) is 0 Å². The summed E-state index contributed by atoms with van der Waals surface area (Å²) in [5.41, 5.74) is 2.68. The highest BCUT2D eigenvalue weighted by molar-refractivity contribution is 8.09. The molecule has 1 unspecified atom stereocenters. The van der Waals surface area contributed by atoms with Gasteiger partial charge in [-0.3, -0.25) is 24.0 Å². The molecule has 0 saturated carbocycles. The van der Waals surface area contributed by atoms with Gasteiger partial charge < -0.3 is 20.8 Å². The van der Waals surface area contributed by atoms with Gasteiger partial charge in [0.05, 0.1) is 21.6 Å². The van der Waals surface area contributed by atoms with Crippen LogP contribution in [0.3, 0.4) is 0 Å². The van der Waals surface area contributed by atoms with Crippen LogP contribution < -0.4 is 10.6 Å². The molecule has 10 nitrogen and oxygen atoms in total. The lowest BCUT2D eigenvalue weighted by molar-refractivity contribution is -0.154. The topological polar surface area (TPSA) is 163 Å². The molecule has 3 rings (SSSR count). The van der Waals surface area contributed by atoms with Crippen molar-refractivity contribution >= 4 is 68.3 Å². The average molecular weight is 576 g/mol. The summed E-state index contributed by atoms with van der Waals surface area (Å²) in [5, 5.41) is 23.0. The lowest BCUT2D eigenvalue weighted by Gasteiger charge is -2.15. The molecule has 1 atom stereocenters. The first kappa shape index (κ1) is 29.7. The van der Waals surface area contributed by atoms with Crippen molar-refractivity contribution in [3.8, 4) is 0 Å². The van der Waals surface area contributed by atoms with Crippen molar-refractivity contribution in [1.82, 2.24) is 10.3 Å². The first-order chi connectivity index (χ1) is 18.5. The number of amides is 2. The third-order valence-corrected chi connectivity index (χ3v) is 7.16. The zero-order chi connectivity index (χ0) is 28.5. The SMILES string of the molecule is Cc1nc2ccc(NC(=O)CC(NC(=O)CCCc3ccc(CC(C(=O)O)C(=O)O)cc3)C(=O)SF)cc2s1. The van der Waals surface area contributed by atoms with E-state index in [1.807, 2.05) is 6.92 Å². The number of hydrogen-bond acceptors (Lipinski definition) is 8. The average Bonchev–Trinajstić information content (AvgIpc) is 3.26. The molecular weight excluding hydrogens is 549 g/mol. The maximum atomic E-state index is 13.0. The maximum Gasteiger partial charge on any atom is 0.318 e. The number of anilines is 1. The third kappa shape index (κ3) is 8.86. The maximum absolute atomic E-state index is 13.0. The Morgan fingerprint density at radius 3 is 2.31 bits per heavy atom. The number of rotatable bonds is 13. The fourth-order valence-electron chi connectivity index (χ4n) is 3.84. The second kappa shape index (κ2) is 13.8. The Hall–Kier alpha value is -3.84. The van der Waals surface area contributed by atoms with Gasteiger partial charge in [-0.25, -0.2) is 4.98 Å². The van der Waals surface area contributed by atoms with E-state index in [9.17, 15) is 27.9 Å². The molecule has 0 aliphatic heterocycles. The molecule has 2 aromatic carbocycles. The Morgan fingerprint density at radius 1 is 1.00 bits per heavy atom. The summed E-state index contributed by atoms with van der Waals surface area (Å²) in [7, 11) is 0. The van der Waals surface area contributed by atoms with Crippen molar-refractivity contribution in [2.24, 2.45) is 5.92 Å². The molecule has 0 saturated heterocycles. The van der Waals surface area contributed by atoms with E-state index in [4.69, 9.17) is 10.2 Å². The van der Waals surface area contributed by atoms with E-state index in [1.54, 1.807) is 42.5 Å². The van der Waals surface area contributed by atoms with Gasteiger partial charge in [-0.05, 0) is 55.5 Å². The highest BCUT2D eigenvalue weighted by Gasteiger charge is 2.26. The number of nitrogens with one attached hydrogen (secondary N) is 2. The molecule has 0 aliphatic rings. The molecule has 0 fully saturated rings. The highest BCUT2D eigenvalue weighted by atomic mass is 32.2. The first-order valence-electron chi connectivity index (χ1n) is 11.9. The van der Waals surface area contributed by atoms with Crippen molar-refractivity contribution < 1.29 is 38.1 Å². The molecule has 0 aliphatic carbocycles.